The Kier molecular flexibility index (Phi) is 5.28. The van der Waals surface area contributed by atoms with Crippen molar-refractivity contribution in [2.45, 2.75) is 31.8 Å². The molecule has 126 valence electrons. The van der Waals surface area contributed by atoms with E-state index in [0.717, 1.165) is 25.0 Å². The molecule has 1 fully saturated rings. The van der Waals surface area contributed by atoms with Crippen LogP contribution in [0, 0.1) is 0 Å². The fraction of sp³-hybridized carbons (Fsp3) is 0.588. The number of carbonyl (C=O) groups excluding carboxylic acids is 1. The predicted molar refractivity (Wildman–Crippen MR) is 87.4 cm³/mol. The summed E-state index contributed by atoms with van der Waals surface area (Å²) in [5, 5.41) is 0.532. The van der Waals surface area contributed by atoms with Crippen LogP contribution in [0.15, 0.2) is 12.1 Å². The number of ether oxygens (including phenoxy) is 3. The lowest BCUT2D eigenvalue weighted by atomic mass is 10.1. The molecule has 2 aliphatic rings. The third kappa shape index (κ3) is 4.09. The first-order valence-corrected chi connectivity index (χ1v) is 8.45. The topological polar surface area (TPSA) is 48.0 Å². The molecule has 0 N–H and O–H groups in total. The van der Waals surface area contributed by atoms with E-state index in [1.165, 1.54) is 6.42 Å². The summed E-state index contributed by atoms with van der Waals surface area (Å²) in [6, 6.07) is 3.53. The molecular weight excluding hydrogens is 318 g/mol. The molecule has 0 spiro atoms. The van der Waals surface area contributed by atoms with E-state index in [0.29, 0.717) is 36.3 Å². The summed E-state index contributed by atoms with van der Waals surface area (Å²) < 4.78 is 16.7. The molecule has 1 aromatic carbocycles. The molecule has 0 saturated carbocycles. The normalized spacial score (nSPS) is 20.2. The van der Waals surface area contributed by atoms with Crippen LogP contribution in [0.1, 0.15) is 24.8 Å². The van der Waals surface area contributed by atoms with Gasteiger partial charge in [0.1, 0.15) is 13.2 Å². The Balaban J connectivity index is 1.62. The highest BCUT2D eigenvalue weighted by molar-refractivity contribution is 6.31. The summed E-state index contributed by atoms with van der Waals surface area (Å²) in [4.78, 5) is 14.2. The van der Waals surface area contributed by atoms with Crippen LogP contribution in [0.5, 0.6) is 11.5 Å². The van der Waals surface area contributed by atoms with Crippen LogP contribution in [0.25, 0.3) is 0 Å². The van der Waals surface area contributed by atoms with Crippen molar-refractivity contribution in [2.75, 3.05) is 33.4 Å². The predicted octanol–water partition coefficient (Wildman–Crippen LogP) is 2.68. The Morgan fingerprint density at radius 1 is 1.22 bits per heavy atom. The van der Waals surface area contributed by atoms with Crippen molar-refractivity contribution in [3.8, 4) is 11.5 Å². The minimum Gasteiger partial charge on any atom is -0.486 e. The Morgan fingerprint density at radius 2 is 1.96 bits per heavy atom. The van der Waals surface area contributed by atoms with E-state index in [9.17, 15) is 4.79 Å². The van der Waals surface area contributed by atoms with Crippen LogP contribution in [0.2, 0.25) is 5.02 Å². The zero-order chi connectivity index (χ0) is 16.2. The fourth-order valence-corrected chi connectivity index (χ4v) is 3.12. The summed E-state index contributed by atoms with van der Waals surface area (Å²) >= 11 is 6.27. The third-order valence-electron chi connectivity index (χ3n) is 4.23. The average Bonchev–Trinajstić information content (AvgIpc) is 2.56. The molecule has 5 nitrogen and oxygen atoms in total. The SMILES string of the molecule is CN(C[C@@H]1CCCCO1)C(=O)Cc1cc2c(cc1Cl)OCCO2. The van der Waals surface area contributed by atoms with Gasteiger partial charge in [-0.1, -0.05) is 11.6 Å². The number of carbonyl (C=O) groups is 1. The summed E-state index contributed by atoms with van der Waals surface area (Å²) in [6.45, 7) is 2.45. The lowest BCUT2D eigenvalue weighted by Crippen LogP contribution is -2.37. The number of hydrogen-bond donors (Lipinski definition) is 0. The molecule has 0 aromatic heterocycles. The van der Waals surface area contributed by atoms with Crippen LogP contribution in [-0.2, 0) is 16.0 Å². The highest BCUT2D eigenvalue weighted by atomic mass is 35.5. The van der Waals surface area contributed by atoms with Crippen molar-refractivity contribution in [3.63, 3.8) is 0 Å². The largest absolute Gasteiger partial charge is 0.486 e. The molecule has 1 amide bonds. The number of hydrogen-bond acceptors (Lipinski definition) is 4. The molecule has 6 heteroatoms. The third-order valence-corrected chi connectivity index (χ3v) is 4.58. The van der Waals surface area contributed by atoms with Gasteiger partial charge in [0.2, 0.25) is 5.91 Å². The van der Waals surface area contributed by atoms with Gasteiger partial charge in [-0.3, -0.25) is 4.79 Å². The number of halogens is 1. The van der Waals surface area contributed by atoms with Crippen molar-refractivity contribution in [1.29, 1.82) is 0 Å². The van der Waals surface area contributed by atoms with Crippen LogP contribution in [0.3, 0.4) is 0 Å². The second-order valence-corrected chi connectivity index (χ2v) is 6.43. The first-order chi connectivity index (χ1) is 11.1. The van der Waals surface area contributed by atoms with Crippen molar-refractivity contribution >= 4 is 17.5 Å². The highest BCUT2D eigenvalue weighted by Gasteiger charge is 2.21. The van der Waals surface area contributed by atoms with E-state index in [1.807, 2.05) is 7.05 Å². The first-order valence-electron chi connectivity index (χ1n) is 8.07. The summed E-state index contributed by atoms with van der Waals surface area (Å²) in [7, 11) is 1.81. The van der Waals surface area contributed by atoms with Gasteiger partial charge in [-0.2, -0.15) is 0 Å². The molecular formula is C17H22ClNO4. The minimum absolute atomic E-state index is 0.0257. The van der Waals surface area contributed by atoms with E-state index in [-0.39, 0.29) is 18.4 Å². The second-order valence-electron chi connectivity index (χ2n) is 6.03. The molecule has 23 heavy (non-hydrogen) atoms. The van der Waals surface area contributed by atoms with Gasteiger partial charge in [-0.05, 0) is 30.9 Å². The van der Waals surface area contributed by atoms with E-state index >= 15 is 0 Å². The van der Waals surface area contributed by atoms with E-state index < -0.39 is 0 Å². The summed E-state index contributed by atoms with van der Waals surface area (Å²) in [5.74, 6) is 1.32. The van der Waals surface area contributed by atoms with Gasteiger partial charge in [0.15, 0.2) is 11.5 Å². The molecule has 0 aliphatic carbocycles. The maximum absolute atomic E-state index is 12.4. The molecule has 1 atom stereocenters. The number of fused-ring (bicyclic) bond motifs is 1. The molecule has 0 unspecified atom stereocenters. The van der Waals surface area contributed by atoms with E-state index in [4.69, 9.17) is 25.8 Å². The molecule has 0 bridgehead atoms. The van der Waals surface area contributed by atoms with Gasteiger partial charge in [-0.25, -0.2) is 0 Å². The lowest BCUT2D eigenvalue weighted by Gasteiger charge is -2.27. The van der Waals surface area contributed by atoms with Crippen LogP contribution in [-0.4, -0.2) is 50.3 Å². The molecule has 1 saturated heterocycles. The lowest BCUT2D eigenvalue weighted by molar-refractivity contribution is -0.131. The van der Waals surface area contributed by atoms with Crippen LogP contribution >= 0.6 is 11.6 Å². The fourth-order valence-electron chi connectivity index (χ4n) is 2.90. The smallest absolute Gasteiger partial charge is 0.226 e. The van der Waals surface area contributed by atoms with Gasteiger partial charge >= 0.3 is 0 Å². The molecule has 2 aliphatic heterocycles. The molecule has 2 heterocycles. The quantitative estimate of drug-likeness (QED) is 0.846. The number of likely N-dealkylation sites (N-methyl/N-ethyl adjacent to an activating group) is 1. The summed E-state index contributed by atoms with van der Waals surface area (Å²) in [5.41, 5.74) is 0.761. The van der Waals surface area contributed by atoms with Crippen molar-refractivity contribution < 1.29 is 19.0 Å². The number of nitrogens with zero attached hydrogens (tertiary/aromatic N) is 1. The van der Waals surface area contributed by atoms with Gasteiger partial charge < -0.3 is 19.1 Å². The van der Waals surface area contributed by atoms with Gasteiger partial charge in [0.25, 0.3) is 0 Å². The Hall–Kier alpha value is -1.46. The monoisotopic (exact) mass is 339 g/mol. The zero-order valence-corrected chi connectivity index (χ0v) is 14.1. The number of rotatable bonds is 4. The van der Waals surface area contributed by atoms with E-state index in [2.05, 4.69) is 0 Å². The first kappa shape index (κ1) is 16.4. The van der Waals surface area contributed by atoms with Crippen molar-refractivity contribution in [3.05, 3.63) is 22.7 Å². The van der Waals surface area contributed by atoms with Crippen LogP contribution < -0.4 is 9.47 Å². The Labute approximate surface area is 141 Å². The van der Waals surface area contributed by atoms with Crippen molar-refractivity contribution in [1.82, 2.24) is 4.90 Å². The second kappa shape index (κ2) is 7.41. The maximum atomic E-state index is 12.4. The van der Waals surface area contributed by atoms with Crippen molar-refractivity contribution in [2.24, 2.45) is 0 Å². The highest BCUT2D eigenvalue weighted by Crippen LogP contribution is 2.35. The molecule has 0 radical (unpaired) electrons. The summed E-state index contributed by atoms with van der Waals surface area (Å²) in [6.07, 6.45) is 3.69. The number of benzene rings is 1. The molecule has 3 rings (SSSR count). The van der Waals surface area contributed by atoms with Gasteiger partial charge in [0.05, 0.1) is 12.5 Å². The Morgan fingerprint density at radius 3 is 2.65 bits per heavy atom. The molecule has 1 aromatic rings. The average molecular weight is 340 g/mol. The van der Waals surface area contributed by atoms with E-state index in [1.54, 1.807) is 17.0 Å². The van der Waals surface area contributed by atoms with Gasteiger partial charge in [-0.15, -0.1) is 0 Å². The maximum Gasteiger partial charge on any atom is 0.226 e. The Bertz CT molecular complexity index is 572. The zero-order valence-electron chi connectivity index (χ0n) is 13.3. The number of amides is 1. The minimum atomic E-state index is 0.0257. The van der Waals surface area contributed by atoms with Gasteiger partial charge in [0, 0.05) is 31.3 Å². The standard InChI is InChI=1S/C17H22ClNO4/c1-19(11-13-4-2-3-5-21-13)17(20)9-12-8-15-16(10-14(12)18)23-7-6-22-15/h8,10,13H,2-7,9,11H2,1H3/t13-/m0/s1. The van der Waals surface area contributed by atoms with Crippen LogP contribution in [0.4, 0.5) is 0 Å².